The number of halogens is 1. The molecule has 0 saturated carbocycles. The maximum absolute atomic E-state index is 10.8. The Morgan fingerprint density at radius 3 is 2.59 bits per heavy atom. The quantitative estimate of drug-likeness (QED) is 0.844. The molecule has 0 bridgehead atoms. The maximum atomic E-state index is 10.8. The van der Waals surface area contributed by atoms with Gasteiger partial charge in [-0.15, -0.1) is 0 Å². The number of hydrogen-bond acceptors (Lipinski definition) is 3. The van der Waals surface area contributed by atoms with Crippen LogP contribution in [0, 0.1) is 13.8 Å². The summed E-state index contributed by atoms with van der Waals surface area (Å²) in [6, 6.07) is 0. The number of hydrogen-bond donors (Lipinski definition) is 2. The first-order chi connectivity index (χ1) is 7.75. The number of carboxylic acid groups (broad SMARTS) is 1. The molecule has 1 unspecified atom stereocenters. The number of nitrogens with two attached hydrogens (primary N) is 1. The zero-order valence-electron chi connectivity index (χ0n) is 10.3. The predicted octanol–water partition coefficient (Wildman–Crippen LogP) is 1.74. The number of aromatic nitrogens is 2. The van der Waals surface area contributed by atoms with Crippen molar-refractivity contribution in [3.8, 4) is 0 Å². The van der Waals surface area contributed by atoms with E-state index in [4.69, 9.17) is 22.4 Å². The summed E-state index contributed by atoms with van der Waals surface area (Å²) in [5.41, 5.74) is 6.15. The average Bonchev–Trinajstić information content (AvgIpc) is 2.46. The van der Waals surface area contributed by atoms with Crippen LogP contribution < -0.4 is 5.73 Å². The predicted molar refractivity (Wildman–Crippen MR) is 66.2 cm³/mol. The zero-order valence-corrected chi connectivity index (χ0v) is 11.1. The van der Waals surface area contributed by atoms with Crippen molar-refractivity contribution in [3.05, 3.63) is 16.4 Å². The highest BCUT2D eigenvalue weighted by atomic mass is 35.5. The second kappa shape index (κ2) is 5.06. The lowest BCUT2D eigenvalue weighted by atomic mass is 9.98. The lowest BCUT2D eigenvalue weighted by Gasteiger charge is -2.18. The summed E-state index contributed by atoms with van der Waals surface area (Å²) in [6.45, 7) is 5.88. The molecule has 0 fully saturated rings. The van der Waals surface area contributed by atoms with E-state index in [-0.39, 0.29) is 0 Å². The van der Waals surface area contributed by atoms with Crippen LogP contribution in [0.25, 0.3) is 0 Å². The van der Waals surface area contributed by atoms with Crippen LogP contribution in [0.4, 0.5) is 0 Å². The molecule has 0 aliphatic heterocycles. The average molecular weight is 260 g/mol. The van der Waals surface area contributed by atoms with Crippen molar-refractivity contribution in [2.45, 2.75) is 45.7 Å². The van der Waals surface area contributed by atoms with Gasteiger partial charge in [-0.3, -0.25) is 9.48 Å². The highest BCUT2D eigenvalue weighted by Crippen LogP contribution is 2.19. The van der Waals surface area contributed by atoms with Crippen LogP contribution in [0.3, 0.4) is 0 Å². The summed E-state index contributed by atoms with van der Waals surface area (Å²) in [5.74, 6) is -0.982. The van der Waals surface area contributed by atoms with E-state index >= 15 is 0 Å². The van der Waals surface area contributed by atoms with Gasteiger partial charge in [-0.1, -0.05) is 11.6 Å². The second-order valence-electron chi connectivity index (χ2n) is 4.53. The van der Waals surface area contributed by atoms with Crippen molar-refractivity contribution in [1.29, 1.82) is 0 Å². The van der Waals surface area contributed by atoms with Gasteiger partial charge in [0.2, 0.25) is 0 Å². The summed E-state index contributed by atoms with van der Waals surface area (Å²) in [4.78, 5) is 10.8. The van der Waals surface area contributed by atoms with Crippen molar-refractivity contribution in [2.75, 3.05) is 0 Å². The molecule has 5 nitrogen and oxygen atoms in total. The Kier molecular flexibility index (Phi) is 4.16. The summed E-state index contributed by atoms with van der Waals surface area (Å²) in [7, 11) is 0. The zero-order chi connectivity index (χ0) is 13.2. The third-order valence-electron chi connectivity index (χ3n) is 2.85. The van der Waals surface area contributed by atoms with E-state index in [1.165, 1.54) is 6.92 Å². The van der Waals surface area contributed by atoms with Gasteiger partial charge in [0, 0.05) is 6.54 Å². The molecule has 0 spiro atoms. The van der Waals surface area contributed by atoms with Gasteiger partial charge in [-0.05, 0) is 33.6 Å². The van der Waals surface area contributed by atoms with Crippen LogP contribution in [-0.4, -0.2) is 26.4 Å². The highest BCUT2D eigenvalue weighted by Gasteiger charge is 2.27. The Bertz CT molecular complexity index is 427. The third kappa shape index (κ3) is 3.20. The van der Waals surface area contributed by atoms with E-state index in [2.05, 4.69) is 5.10 Å². The number of carbonyl (C=O) groups is 1. The Labute approximate surface area is 106 Å². The Balaban J connectivity index is 2.57. The van der Waals surface area contributed by atoms with Crippen molar-refractivity contribution in [1.82, 2.24) is 9.78 Å². The topological polar surface area (TPSA) is 81.1 Å². The van der Waals surface area contributed by atoms with Gasteiger partial charge in [-0.25, -0.2) is 0 Å². The van der Waals surface area contributed by atoms with Crippen molar-refractivity contribution >= 4 is 17.6 Å². The molecule has 0 aromatic carbocycles. The molecular formula is C11H18ClN3O2. The van der Waals surface area contributed by atoms with Gasteiger partial charge in [-0.2, -0.15) is 5.10 Å². The summed E-state index contributed by atoms with van der Waals surface area (Å²) < 4.78 is 1.79. The fourth-order valence-electron chi connectivity index (χ4n) is 1.60. The van der Waals surface area contributed by atoms with Crippen LogP contribution >= 0.6 is 11.6 Å². The third-order valence-corrected chi connectivity index (χ3v) is 3.39. The SMILES string of the molecule is Cc1nn(CCCC(C)(N)C(=O)O)c(C)c1Cl. The monoisotopic (exact) mass is 259 g/mol. The molecule has 1 aromatic rings. The first-order valence-electron chi connectivity index (χ1n) is 5.47. The Morgan fingerprint density at radius 1 is 1.59 bits per heavy atom. The van der Waals surface area contributed by atoms with E-state index in [1.54, 1.807) is 4.68 Å². The smallest absolute Gasteiger partial charge is 0.323 e. The lowest BCUT2D eigenvalue weighted by Crippen LogP contribution is -2.44. The Hall–Kier alpha value is -1.07. The van der Waals surface area contributed by atoms with Gasteiger partial charge in [0.15, 0.2) is 0 Å². The fourth-order valence-corrected chi connectivity index (χ4v) is 1.73. The number of rotatable bonds is 5. The molecule has 3 N–H and O–H groups in total. The second-order valence-corrected chi connectivity index (χ2v) is 4.91. The van der Waals surface area contributed by atoms with E-state index in [9.17, 15) is 4.79 Å². The molecule has 0 amide bonds. The summed E-state index contributed by atoms with van der Waals surface area (Å²) in [6.07, 6.45) is 1.05. The van der Waals surface area contributed by atoms with Gasteiger partial charge in [0.05, 0.1) is 16.4 Å². The van der Waals surface area contributed by atoms with Crippen LogP contribution in [0.2, 0.25) is 5.02 Å². The molecule has 0 radical (unpaired) electrons. The molecule has 0 aliphatic carbocycles. The highest BCUT2D eigenvalue weighted by molar-refractivity contribution is 6.31. The van der Waals surface area contributed by atoms with Gasteiger partial charge in [0.25, 0.3) is 0 Å². The van der Waals surface area contributed by atoms with Gasteiger partial charge >= 0.3 is 5.97 Å². The maximum Gasteiger partial charge on any atom is 0.323 e. The molecule has 0 saturated heterocycles. The minimum absolute atomic E-state index is 0.401. The first kappa shape index (κ1) is 14.0. The van der Waals surface area contributed by atoms with Crippen LogP contribution in [-0.2, 0) is 11.3 Å². The van der Waals surface area contributed by atoms with Crippen molar-refractivity contribution in [2.24, 2.45) is 5.73 Å². The molecule has 0 aliphatic rings. The normalized spacial score (nSPS) is 14.6. The minimum Gasteiger partial charge on any atom is -0.480 e. The van der Waals surface area contributed by atoms with Crippen molar-refractivity contribution < 1.29 is 9.90 Å². The molecule has 1 rings (SSSR count). The van der Waals surface area contributed by atoms with Crippen LogP contribution in [0.1, 0.15) is 31.2 Å². The van der Waals surface area contributed by atoms with Crippen LogP contribution in [0.15, 0.2) is 0 Å². The van der Waals surface area contributed by atoms with E-state index in [1.807, 2.05) is 13.8 Å². The van der Waals surface area contributed by atoms with Crippen molar-refractivity contribution in [3.63, 3.8) is 0 Å². The standard InChI is InChI=1S/C11H18ClN3O2/c1-7-9(12)8(2)15(14-7)6-4-5-11(3,13)10(16)17/h4-6,13H2,1-3H3,(H,16,17). The Morgan fingerprint density at radius 2 is 2.18 bits per heavy atom. The first-order valence-corrected chi connectivity index (χ1v) is 5.85. The minimum atomic E-state index is -1.18. The van der Waals surface area contributed by atoms with Gasteiger partial charge < -0.3 is 10.8 Å². The molecular weight excluding hydrogens is 242 g/mol. The molecule has 1 atom stereocenters. The summed E-state index contributed by atoms with van der Waals surface area (Å²) >= 11 is 6.02. The fraction of sp³-hybridized carbons (Fsp3) is 0.636. The van der Waals surface area contributed by atoms with E-state index in [0.29, 0.717) is 24.4 Å². The molecule has 96 valence electrons. The largest absolute Gasteiger partial charge is 0.480 e. The summed E-state index contributed by atoms with van der Waals surface area (Å²) in [5, 5.41) is 13.8. The van der Waals surface area contributed by atoms with Crippen LogP contribution in [0.5, 0.6) is 0 Å². The molecule has 6 heteroatoms. The number of nitrogens with zero attached hydrogens (tertiary/aromatic N) is 2. The van der Waals surface area contributed by atoms with E-state index < -0.39 is 11.5 Å². The number of aliphatic carboxylic acids is 1. The van der Waals surface area contributed by atoms with E-state index in [0.717, 1.165) is 11.4 Å². The molecule has 1 aromatic heterocycles. The number of aryl methyl sites for hydroxylation is 2. The lowest BCUT2D eigenvalue weighted by molar-refractivity contribution is -0.142. The number of carboxylic acids is 1. The molecule has 1 heterocycles. The molecule has 17 heavy (non-hydrogen) atoms. The van der Waals surface area contributed by atoms with Gasteiger partial charge in [0.1, 0.15) is 5.54 Å².